The van der Waals surface area contributed by atoms with Crippen molar-refractivity contribution in [1.82, 2.24) is 5.32 Å². The van der Waals surface area contributed by atoms with Crippen LogP contribution in [0.4, 0.5) is 0 Å². The lowest BCUT2D eigenvalue weighted by molar-refractivity contribution is -0.870. The molecule has 4 unspecified atom stereocenters. The minimum absolute atomic E-state index is 0.0548. The van der Waals surface area contributed by atoms with E-state index in [1.807, 2.05) is 21.1 Å². The summed E-state index contributed by atoms with van der Waals surface area (Å²) < 4.78 is 23.2. The third-order valence-electron chi connectivity index (χ3n) is 12.0. The molecule has 0 bridgehead atoms. The molecule has 0 fully saturated rings. The predicted molar refractivity (Wildman–Crippen MR) is 312 cm³/mol. The molecule has 0 spiro atoms. The number of unbranched alkanes of at least 4 members (excludes halogenated alkanes) is 14. The second-order valence-corrected chi connectivity index (χ2v) is 21.5. The molecule has 1 amide bonds. The van der Waals surface area contributed by atoms with Gasteiger partial charge in [0.15, 0.2) is 0 Å². The molecule has 0 aromatic heterocycles. The standard InChI is InChI=1S/C63H107N2O7P/c1-6-8-10-12-14-16-18-20-21-22-23-24-25-26-27-28-29-30-31-32-33-34-35-36-37-38-39-40-41-42-43-44-46-48-50-52-54-56-62(67)64-60(59-72-73(69,70)71-58-57-65(3,4)5)63(68)61(66)55-53-51-49-47-45-19-17-15-13-11-9-7-2/h8,10,14,16,20-21,23-24,26-27,29-30,32-33,35-36,38-39,41-42,44,46,60-61,63,66,68H,6-7,9,11-13,15,17-19,22,25,28,31,34,37,40,43,45,47-59H2,1-5H3,(H-,64,67,69,70)/b10-8-,16-14-,21-20-,24-23-,27-26-,30-29-,33-32-,36-35-,39-38-,42-41-,46-44-. The van der Waals surface area contributed by atoms with Crippen molar-refractivity contribution in [2.24, 2.45) is 0 Å². The van der Waals surface area contributed by atoms with E-state index in [1.54, 1.807) is 0 Å². The minimum Gasteiger partial charge on any atom is -0.756 e. The van der Waals surface area contributed by atoms with Crippen LogP contribution in [0.5, 0.6) is 0 Å². The van der Waals surface area contributed by atoms with E-state index in [9.17, 15) is 24.5 Å². The molecule has 0 saturated heterocycles. The fourth-order valence-corrected chi connectivity index (χ4v) is 8.22. The van der Waals surface area contributed by atoms with Crippen LogP contribution in [0.15, 0.2) is 134 Å². The summed E-state index contributed by atoms with van der Waals surface area (Å²) in [4.78, 5) is 25.5. The maximum absolute atomic E-state index is 13.0. The quantitative estimate of drug-likeness (QED) is 0.0240. The fraction of sp³-hybridized carbons (Fsp3) is 0.635. The van der Waals surface area contributed by atoms with Gasteiger partial charge in [-0.25, -0.2) is 0 Å². The first-order chi connectivity index (χ1) is 35.4. The van der Waals surface area contributed by atoms with Crippen LogP contribution in [0, 0.1) is 0 Å². The normalized spacial score (nSPS) is 15.3. The number of carbonyl (C=O) groups excluding carboxylic acids is 1. The molecule has 9 nitrogen and oxygen atoms in total. The monoisotopic (exact) mass is 1030 g/mol. The molecule has 3 N–H and O–H groups in total. The number of nitrogens with one attached hydrogen (secondary N) is 1. The van der Waals surface area contributed by atoms with E-state index in [-0.39, 0.29) is 18.9 Å². The maximum atomic E-state index is 13.0. The molecule has 0 aliphatic carbocycles. The van der Waals surface area contributed by atoms with Crippen LogP contribution in [0.1, 0.15) is 200 Å². The van der Waals surface area contributed by atoms with Crippen molar-refractivity contribution in [3.8, 4) is 0 Å². The highest BCUT2D eigenvalue weighted by molar-refractivity contribution is 7.45. The van der Waals surface area contributed by atoms with Gasteiger partial charge in [0.05, 0.1) is 39.9 Å². The first kappa shape index (κ1) is 69.6. The van der Waals surface area contributed by atoms with Crippen molar-refractivity contribution < 1.29 is 38.0 Å². The number of phosphoric acid groups is 1. The predicted octanol–water partition coefficient (Wildman–Crippen LogP) is 15.9. The van der Waals surface area contributed by atoms with E-state index in [1.165, 1.54) is 51.4 Å². The minimum atomic E-state index is -4.69. The summed E-state index contributed by atoms with van der Waals surface area (Å²) in [5.41, 5.74) is 0. The first-order valence-electron chi connectivity index (χ1n) is 28.6. The van der Waals surface area contributed by atoms with E-state index < -0.39 is 32.7 Å². The lowest BCUT2D eigenvalue weighted by atomic mass is 9.99. The Morgan fingerprint density at radius 2 is 0.863 bits per heavy atom. The summed E-state index contributed by atoms with van der Waals surface area (Å²) in [6.07, 6.45) is 75.1. The smallest absolute Gasteiger partial charge is 0.268 e. The van der Waals surface area contributed by atoms with Gasteiger partial charge in [0.1, 0.15) is 19.3 Å². The Bertz CT molecular complexity index is 1660. The fourth-order valence-electron chi connectivity index (χ4n) is 7.49. The summed E-state index contributed by atoms with van der Waals surface area (Å²) in [5, 5.41) is 24.7. The Labute approximate surface area is 448 Å². The van der Waals surface area contributed by atoms with Crippen LogP contribution >= 0.6 is 7.82 Å². The van der Waals surface area contributed by atoms with Gasteiger partial charge < -0.3 is 34.0 Å². The van der Waals surface area contributed by atoms with Crippen LogP contribution < -0.4 is 10.2 Å². The van der Waals surface area contributed by atoms with Gasteiger partial charge in [0.2, 0.25) is 5.91 Å². The summed E-state index contributed by atoms with van der Waals surface area (Å²) in [6.45, 7) is 4.27. The number of hydrogen-bond acceptors (Lipinski definition) is 7. The molecule has 0 rings (SSSR count). The lowest BCUT2D eigenvalue weighted by Gasteiger charge is -2.31. The number of aliphatic hydroxyl groups is 2. The molecule has 0 aliphatic rings. The molecule has 73 heavy (non-hydrogen) atoms. The van der Waals surface area contributed by atoms with Crippen LogP contribution in [0.25, 0.3) is 0 Å². The van der Waals surface area contributed by atoms with Gasteiger partial charge in [0.25, 0.3) is 7.82 Å². The van der Waals surface area contributed by atoms with E-state index >= 15 is 0 Å². The number of quaternary nitrogens is 1. The topological polar surface area (TPSA) is 128 Å². The highest BCUT2D eigenvalue weighted by Gasteiger charge is 2.29. The zero-order valence-corrected chi connectivity index (χ0v) is 47.8. The van der Waals surface area contributed by atoms with Crippen LogP contribution in [-0.2, 0) is 18.4 Å². The molecule has 0 aliphatic heterocycles. The molecule has 0 aromatic carbocycles. The second kappa shape index (κ2) is 52.1. The van der Waals surface area contributed by atoms with E-state index in [2.05, 4.69) is 153 Å². The zero-order chi connectivity index (χ0) is 53.6. The molecule has 10 heteroatoms. The van der Waals surface area contributed by atoms with Crippen molar-refractivity contribution in [3.63, 3.8) is 0 Å². The highest BCUT2D eigenvalue weighted by Crippen LogP contribution is 2.38. The molecule has 4 atom stereocenters. The van der Waals surface area contributed by atoms with Crippen molar-refractivity contribution in [2.75, 3.05) is 40.9 Å². The van der Waals surface area contributed by atoms with Gasteiger partial charge in [0, 0.05) is 6.42 Å². The van der Waals surface area contributed by atoms with E-state index in [0.717, 1.165) is 116 Å². The number of phosphoric ester groups is 1. The molecule has 416 valence electrons. The van der Waals surface area contributed by atoms with Gasteiger partial charge in [-0.15, -0.1) is 0 Å². The SMILES string of the molecule is CC/C=C\C/C=C\C/C=C\C/C=C\C/C=C\C/C=C\C/C=C\C/C=C\C/C=C\C/C=C\C/C=C\CCCCCC(=O)NC(COP(=O)([O-])OCC[N+](C)(C)C)C(O)C(O)CCCCCCCCCCCCCC. The second-order valence-electron chi connectivity index (χ2n) is 20.0. The number of amides is 1. The van der Waals surface area contributed by atoms with Gasteiger partial charge >= 0.3 is 0 Å². The summed E-state index contributed by atoms with van der Waals surface area (Å²) >= 11 is 0. The summed E-state index contributed by atoms with van der Waals surface area (Å²) in [6, 6.07) is -1.10. The number of allylic oxidation sites excluding steroid dienone is 22. The molecule has 0 saturated carbocycles. The number of rotatable bonds is 50. The highest BCUT2D eigenvalue weighted by atomic mass is 31.2. The average molecular weight is 1040 g/mol. The van der Waals surface area contributed by atoms with E-state index in [0.29, 0.717) is 23.9 Å². The average Bonchev–Trinajstić information content (AvgIpc) is 3.35. The number of hydrogen-bond donors (Lipinski definition) is 3. The van der Waals surface area contributed by atoms with Gasteiger partial charge in [-0.05, 0) is 96.3 Å². The summed E-state index contributed by atoms with van der Waals surface area (Å²) in [7, 11) is 1.08. The lowest BCUT2D eigenvalue weighted by Crippen LogP contribution is -2.51. The molecular weight excluding hydrogens is 928 g/mol. The Kier molecular flexibility index (Phi) is 49.6. The van der Waals surface area contributed by atoms with Gasteiger partial charge in [-0.3, -0.25) is 9.36 Å². The number of carbonyl (C=O) groups is 1. The third kappa shape index (κ3) is 53.2. The van der Waals surface area contributed by atoms with Crippen molar-refractivity contribution in [1.29, 1.82) is 0 Å². The Morgan fingerprint density at radius 3 is 1.25 bits per heavy atom. The molecule has 0 aromatic rings. The molecule has 0 radical (unpaired) electrons. The number of aliphatic hydroxyl groups excluding tert-OH is 2. The summed E-state index contributed by atoms with van der Waals surface area (Å²) in [5.74, 6) is -0.316. The number of nitrogens with zero attached hydrogens (tertiary/aromatic N) is 1. The van der Waals surface area contributed by atoms with Gasteiger partial charge in [-0.1, -0.05) is 231 Å². The largest absolute Gasteiger partial charge is 0.756 e. The molecular formula is C63H107N2O7P. The van der Waals surface area contributed by atoms with Crippen LogP contribution in [-0.4, -0.2) is 79.8 Å². The Morgan fingerprint density at radius 1 is 0.507 bits per heavy atom. The molecule has 0 heterocycles. The Hall–Kier alpha value is -3.40. The zero-order valence-electron chi connectivity index (χ0n) is 46.9. The first-order valence-corrected chi connectivity index (χ1v) is 30.1. The Balaban J connectivity index is 4.30. The van der Waals surface area contributed by atoms with Crippen LogP contribution in [0.3, 0.4) is 0 Å². The van der Waals surface area contributed by atoms with Crippen molar-refractivity contribution in [2.45, 2.75) is 218 Å². The number of likely N-dealkylation sites (N-methyl/N-ethyl adjacent to an activating group) is 1. The maximum Gasteiger partial charge on any atom is 0.268 e. The van der Waals surface area contributed by atoms with Crippen LogP contribution in [0.2, 0.25) is 0 Å². The van der Waals surface area contributed by atoms with Gasteiger partial charge in [-0.2, -0.15) is 0 Å². The van der Waals surface area contributed by atoms with E-state index in [4.69, 9.17) is 9.05 Å². The third-order valence-corrected chi connectivity index (χ3v) is 13.0. The van der Waals surface area contributed by atoms with Crippen molar-refractivity contribution >= 4 is 13.7 Å². The van der Waals surface area contributed by atoms with Crippen molar-refractivity contribution in [3.05, 3.63) is 134 Å².